The number of aromatic hydroxyl groups is 1. The number of hydrogen-bond acceptors (Lipinski definition) is 1. The van der Waals surface area contributed by atoms with E-state index in [1.54, 1.807) is 18.2 Å². The van der Waals surface area contributed by atoms with Gasteiger partial charge in [-0.05, 0) is 12.1 Å². The van der Waals surface area contributed by atoms with Crippen molar-refractivity contribution in [2.75, 3.05) is 0 Å². The summed E-state index contributed by atoms with van der Waals surface area (Å²) in [6.45, 7) is 0. The van der Waals surface area contributed by atoms with E-state index < -0.39 is 0 Å². The summed E-state index contributed by atoms with van der Waals surface area (Å²) in [6, 6.07) is 4.82. The first kappa shape index (κ1) is 10.2. The topological polar surface area (TPSA) is 20.2 Å². The Labute approximate surface area is 82.6 Å². The Morgan fingerprint density at radius 3 is 1.90 bits per heavy atom. The molecule has 0 spiro atoms. The molecule has 0 saturated heterocycles. The molecule has 0 unspecified atom stereocenters. The normalized spacial score (nSPS) is 8.60. The molecule has 50 valence electrons. The molecular formula is C6H5Cl2LiO. The fourth-order valence-electron chi connectivity index (χ4n) is 0.489. The van der Waals surface area contributed by atoms with Gasteiger partial charge in [-0.25, -0.2) is 0 Å². The van der Waals surface area contributed by atoms with E-state index >= 15 is 0 Å². The summed E-state index contributed by atoms with van der Waals surface area (Å²) in [5.41, 5.74) is 0. The van der Waals surface area contributed by atoms with Gasteiger partial charge in [0.25, 0.3) is 0 Å². The molecule has 0 heterocycles. The Kier molecular flexibility index (Phi) is 4.24. The molecule has 0 bridgehead atoms. The van der Waals surface area contributed by atoms with Gasteiger partial charge in [0.2, 0.25) is 0 Å². The summed E-state index contributed by atoms with van der Waals surface area (Å²) in [5.74, 6) is -0.0548. The fourth-order valence-corrected chi connectivity index (χ4v) is 0.886. The number of hydrogen-bond donors (Lipinski definition) is 1. The monoisotopic (exact) mass is 170 g/mol. The third kappa shape index (κ3) is 2.11. The van der Waals surface area contributed by atoms with Crippen LogP contribution in [0, 0.1) is 0 Å². The van der Waals surface area contributed by atoms with Crippen molar-refractivity contribution < 1.29 is 25.4 Å². The van der Waals surface area contributed by atoms with Gasteiger partial charge in [0, 0.05) is 0 Å². The fraction of sp³-hybridized carbons (Fsp3) is 0. The van der Waals surface area contributed by atoms with Crippen LogP contribution >= 0.6 is 23.2 Å². The predicted octanol–water partition coefficient (Wildman–Crippen LogP) is -0.185. The number of phenols is 1. The second-order valence-electron chi connectivity index (χ2n) is 1.57. The van der Waals surface area contributed by atoms with E-state index in [1.807, 2.05) is 0 Å². The van der Waals surface area contributed by atoms with Crippen LogP contribution in [0.1, 0.15) is 1.43 Å². The Balaban J connectivity index is 0. The molecule has 0 aliphatic rings. The first-order chi connectivity index (χ1) is 4.22. The largest absolute Gasteiger partial charge is 1.00 e. The van der Waals surface area contributed by atoms with Gasteiger partial charge in [-0.2, -0.15) is 0 Å². The molecule has 0 saturated carbocycles. The van der Waals surface area contributed by atoms with Crippen LogP contribution in [-0.2, 0) is 0 Å². The van der Waals surface area contributed by atoms with Gasteiger partial charge < -0.3 is 6.53 Å². The first-order valence-electron chi connectivity index (χ1n) is 2.35. The van der Waals surface area contributed by atoms with E-state index in [-0.39, 0.29) is 36.1 Å². The van der Waals surface area contributed by atoms with E-state index in [4.69, 9.17) is 28.3 Å². The molecule has 0 aliphatic carbocycles. The standard InChI is InChI=1S/C6H4Cl2O.Li.H/c7-4-2-1-3-5(8)6(4)9;;/h1-3,9H;;/q;+1;-1. The molecule has 1 aromatic rings. The average molecular weight is 171 g/mol. The van der Waals surface area contributed by atoms with Crippen molar-refractivity contribution in [3.8, 4) is 5.75 Å². The third-order valence-electron chi connectivity index (χ3n) is 0.938. The summed E-state index contributed by atoms with van der Waals surface area (Å²) < 4.78 is 0. The number of benzene rings is 1. The molecule has 0 atom stereocenters. The zero-order valence-corrected chi connectivity index (χ0v) is 6.95. The Bertz CT molecular complexity index is 212. The smallest absolute Gasteiger partial charge is 1.00 e. The Morgan fingerprint density at radius 2 is 1.60 bits per heavy atom. The molecule has 0 amide bonds. The summed E-state index contributed by atoms with van der Waals surface area (Å²) in [4.78, 5) is 0. The van der Waals surface area contributed by atoms with E-state index in [1.165, 1.54) is 0 Å². The zero-order chi connectivity index (χ0) is 6.85. The van der Waals surface area contributed by atoms with E-state index in [2.05, 4.69) is 0 Å². The van der Waals surface area contributed by atoms with Gasteiger partial charge >= 0.3 is 18.9 Å². The quantitative estimate of drug-likeness (QED) is 0.536. The minimum Gasteiger partial charge on any atom is -1.00 e. The maximum Gasteiger partial charge on any atom is 1.00 e. The molecule has 0 radical (unpaired) electrons. The molecule has 1 nitrogen and oxygen atoms in total. The second kappa shape index (κ2) is 4.15. The number of para-hydroxylation sites is 1. The molecular weight excluding hydrogens is 166 g/mol. The Hall–Kier alpha value is 0.197. The van der Waals surface area contributed by atoms with Crippen LogP contribution in [0.3, 0.4) is 0 Å². The van der Waals surface area contributed by atoms with Gasteiger partial charge in [-0.3, -0.25) is 0 Å². The van der Waals surface area contributed by atoms with Crippen LogP contribution in [0.15, 0.2) is 18.2 Å². The Morgan fingerprint density at radius 1 is 1.20 bits per heavy atom. The minimum absolute atomic E-state index is 0. The van der Waals surface area contributed by atoms with Crippen molar-refractivity contribution in [2.24, 2.45) is 0 Å². The predicted molar refractivity (Wildman–Crippen MR) is 39.2 cm³/mol. The van der Waals surface area contributed by atoms with E-state index in [9.17, 15) is 0 Å². The van der Waals surface area contributed by atoms with Crippen LogP contribution < -0.4 is 18.9 Å². The van der Waals surface area contributed by atoms with Crippen LogP contribution in [-0.4, -0.2) is 5.11 Å². The van der Waals surface area contributed by atoms with Crippen LogP contribution in [0.25, 0.3) is 0 Å². The summed E-state index contributed by atoms with van der Waals surface area (Å²) in [6.07, 6.45) is 0. The molecule has 4 heteroatoms. The second-order valence-corrected chi connectivity index (χ2v) is 2.38. The molecule has 0 fully saturated rings. The van der Waals surface area contributed by atoms with Gasteiger partial charge in [-0.15, -0.1) is 0 Å². The molecule has 0 aromatic heterocycles. The number of rotatable bonds is 0. The van der Waals surface area contributed by atoms with Crippen molar-refractivity contribution in [3.63, 3.8) is 0 Å². The van der Waals surface area contributed by atoms with Gasteiger partial charge in [-0.1, -0.05) is 29.3 Å². The summed E-state index contributed by atoms with van der Waals surface area (Å²) >= 11 is 11.0. The molecule has 0 aliphatic heterocycles. The zero-order valence-electron chi connectivity index (χ0n) is 6.44. The van der Waals surface area contributed by atoms with E-state index in [0.29, 0.717) is 0 Å². The van der Waals surface area contributed by atoms with Gasteiger partial charge in [0.05, 0.1) is 10.0 Å². The summed E-state index contributed by atoms with van der Waals surface area (Å²) in [7, 11) is 0. The molecule has 1 rings (SSSR count). The van der Waals surface area contributed by atoms with Crippen LogP contribution in [0.4, 0.5) is 0 Å². The maximum atomic E-state index is 8.94. The average Bonchev–Trinajstić information content (AvgIpc) is 1.83. The van der Waals surface area contributed by atoms with E-state index in [0.717, 1.165) is 0 Å². The van der Waals surface area contributed by atoms with Crippen LogP contribution in [0.5, 0.6) is 5.75 Å². The first-order valence-corrected chi connectivity index (χ1v) is 3.10. The molecule has 10 heavy (non-hydrogen) atoms. The third-order valence-corrected chi connectivity index (χ3v) is 1.55. The number of phenolic OH excluding ortho intramolecular Hbond substituents is 1. The molecule has 1 N–H and O–H groups in total. The maximum absolute atomic E-state index is 8.94. The molecule has 1 aromatic carbocycles. The van der Waals surface area contributed by atoms with Gasteiger partial charge in [0.1, 0.15) is 0 Å². The van der Waals surface area contributed by atoms with Crippen molar-refractivity contribution in [3.05, 3.63) is 28.2 Å². The SMILES string of the molecule is Oc1c(Cl)cccc1Cl.[H-].[Li+]. The summed E-state index contributed by atoms with van der Waals surface area (Å²) in [5, 5.41) is 9.50. The van der Waals surface area contributed by atoms with Crippen molar-refractivity contribution in [1.82, 2.24) is 0 Å². The van der Waals surface area contributed by atoms with Crippen molar-refractivity contribution >= 4 is 23.2 Å². The van der Waals surface area contributed by atoms with Crippen LogP contribution in [0.2, 0.25) is 10.0 Å². The minimum atomic E-state index is -0.0548. The van der Waals surface area contributed by atoms with Crippen molar-refractivity contribution in [1.29, 1.82) is 0 Å². The number of halogens is 2. The van der Waals surface area contributed by atoms with Gasteiger partial charge in [0.15, 0.2) is 5.75 Å². The van der Waals surface area contributed by atoms with Crippen molar-refractivity contribution in [2.45, 2.75) is 0 Å².